The number of carboxylic acids is 1. The lowest BCUT2D eigenvalue weighted by Gasteiger charge is -2.30. The minimum Gasteiger partial charge on any atom is -0.480 e. The van der Waals surface area contributed by atoms with Gasteiger partial charge in [0.05, 0.1) is 12.5 Å². The number of nitrogens with two attached hydrogens (primary N) is 4. The van der Waals surface area contributed by atoms with Crippen LogP contribution < -0.4 is 33.6 Å². The summed E-state index contributed by atoms with van der Waals surface area (Å²) in [7, 11) is 0. The highest BCUT2D eigenvalue weighted by atomic mass is 16.4. The summed E-state index contributed by atoms with van der Waals surface area (Å²) in [5.74, 6) is -3.97. The summed E-state index contributed by atoms with van der Waals surface area (Å²) in [5, 5.41) is 14.6. The second-order valence-electron chi connectivity index (χ2n) is 9.07. The molecule has 1 heterocycles. The summed E-state index contributed by atoms with van der Waals surface area (Å²) < 4.78 is 0. The number of aliphatic imine (C=N–C) groups is 1. The standard InChI is InChI=1S/C24H36N8O6/c25-15(13-19(26)33)20(34)31-17(12-14-6-2-1-3-7-14)22(36)32-11-5-9-18(32)21(35)30-16(23(37)38)8-4-10-29-24(27)28/h1-3,6-7,15-18H,4-5,8-13,25H2,(H2,26,33)(H,30,35)(H,31,34)(H,37,38)(H4,27,28,29). The smallest absolute Gasteiger partial charge is 0.326 e. The van der Waals surface area contributed by atoms with Gasteiger partial charge < -0.3 is 43.6 Å². The number of carboxylic acid groups (broad SMARTS) is 1. The molecule has 1 aromatic carbocycles. The molecular weight excluding hydrogens is 496 g/mol. The molecule has 38 heavy (non-hydrogen) atoms. The topological polar surface area (TPSA) is 249 Å². The van der Waals surface area contributed by atoms with E-state index in [0.29, 0.717) is 19.3 Å². The fourth-order valence-corrected chi connectivity index (χ4v) is 4.17. The maximum absolute atomic E-state index is 13.6. The van der Waals surface area contributed by atoms with Crippen molar-refractivity contribution in [1.29, 1.82) is 0 Å². The average Bonchev–Trinajstić information content (AvgIpc) is 3.35. The molecule has 4 unspecified atom stereocenters. The average molecular weight is 533 g/mol. The SMILES string of the molecule is NC(=O)CC(N)C(=O)NC(Cc1ccccc1)C(=O)N1CCCC1C(=O)NC(CCCN=C(N)N)C(=O)O. The zero-order chi connectivity index (χ0) is 28.2. The van der Waals surface area contributed by atoms with Crippen molar-refractivity contribution < 1.29 is 29.1 Å². The fourth-order valence-electron chi connectivity index (χ4n) is 4.17. The second kappa shape index (κ2) is 14.5. The predicted octanol–water partition coefficient (Wildman–Crippen LogP) is -2.47. The minimum absolute atomic E-state index is 0.0863. The number of hydrogen-bond donors (Lipinski definition) is 7. The Morgan fingerprint density at radius 1 is 1.05 bits per heavy atom. The van der Waals surface area contributed by atoms with E-state index in [1.807, 2.05) is 0 Å². The molecule has 1 saturated heterocycles. The third kappa shape index (κ3) is 9.35. The molecule has 14 nitrogen and oxygen atoms in total. The van der Waals surface area contributed by atoms with Gasteiger partial charge in [-0.05, 0) is 31.2 Å². The van der Waals surface area contributed by atoms with Crippen LogP contribution in [0.5, 0.6) is 0 Å². The number of nitrogens with one attached hydrogen (secondary N) is 2. The first-order valence-electron chi connectivity index (χ1n) is 12.3. The van der Waals surface area contributed by atoms with Gasteiger partial charge in [-0.15, -0.1) is 0 Å². The van der Waals surface area contributed by atoms with Crippen molar-refractivity contribution in [1.82, 2.24) is 15.5 Å². The molecule has 4 atom stereocenters. The van der Waals surface area contributed by atoms with Crippen LogP contribution in [0.1, 0.15) is 37.7 Å². The van der Waals surface area contributed by atoms with Crippen LogP contribution in [0.2, 0.25) is 0 Å². The van der Waals surface area contributed by atoms with Gasteiger partial charge in [0.15, 0.2) is 5.96 Å². The number of amides is 4. The predicted molar refractivity (Wildman–Crippen MR) is 138 cm³/mol. The highest BCUT2D eigenvalue weighted by Gasteiger charge is 2.39. The van der Waals surface area contributed by atoms with Crippen LogP contribution in [0.25, 0.3) is 0 Å². The van der Waals surface area contributed by atoms with E-state index in [2.05, 4.69) is 15.6 Å². The number of primary amides is 1. The lowest BCUT2D eigenvalue weighted by molar-refractivity contribution is -0.145. The van der Waals surface area contributed by atoms with Gasteiger partial charge in [0.1, 0.15) is 18.1 Å². The highest BCUT2D eigenvalue weighted by molar-refractivity contribution is 5.95. The number of rotatable bonds is 14. The summed E-state index contributed by atoms with van der Waals surface area (Å²) in [6.45, 7) is 0.447. The lowest BCUT2D eigenvalue weighted by Crippen LogP contribution is -2.57. The first kappa shape index (κ1) is 30.0. The van der Waals surface area contributed by atoms with Gasteiger partial charge >= 0.3 is 5.97 Å². The van der Waals surface area contributed by atoms with Gasteiger partial charge in [0.25, 0.3) is 0 Å². The van der Waals surface area contributed by atoms with E-state index in [9.17, 15) is 29.1 Å². The first-order chi connectivity index (χ1) is 18.0. The van der Waals surface area contributed by atoms with Crippen molar-refractivity contribution >= 4 is 35.6 Å². The zero-order valence-electron chi connectivity index (χ0n) is 21.0. The van der Waals surface area contributed by atoms with Crippen LogP contribution in [-0.2, 0) is 30.4 Å². The Kier molecular flexibility index (Phi) is 11.5. The molecule has 0 aliphatic carbocycles. The Bertz CT molecular complexity index is 1030. The number of benzene rings is 1. The Hall–Kier alpha value is -4.20. The van der Waals surface area contributed by atoms with Crippen LogP contribution in [0.15, 0.2) is 35.3 Å². The zero-order valence-corrected chi connectivity index (χ0v) is 21.0. The van der Waals surface area contributed by atoms with Crippen LogP contribution in [0.3, 0.4) is 0 Å². The van der Waals surface area contributed by atoms with Crippen molar-refractivity contribution in [3.8, 4) is 0 Å². The maximum atomic E-state index is 13.6. The van der Waals surface area contributed by atoms with Gasteiger partial charge in [-0.1, -0.05) is 30.3 Å². The Labute approximate surface area is 220 Å². The molecule has 1 aliphatic rings. The second-order valence-corrected chi connectivity index (χ2v) is 9.07. The summed E-state index contributed by atoms with van der Waals surface area (Å²) in [5.41, 5.74) is 22.2. The van der Waals surface area contributed by atoms with Crippen molar-refractivity contribution in [2.24, 2.45) is 27.9 Å². The molecule has 14 heteroatoms. The van der Waals surface area contributed by atoms with E-state index in [0.717, 1.165) is 5.56 Å². The normalized spacial score (nSPS) is 17.1. The highest BCUT2D eigenvalue weighted by Crippen LogP contribution is 2.20. The van der Waals surface area contributed by atoms with Crippen molar-refractivity contribution in [2.75, 3.05) is 13.1 Å². The van der Waals surface area contributed by atoms with Gasteiger partial charge in [0, 0.05) is 19.5 Å². The molecule has 208 valence electrons. The molecular formula is C24H36N8O6. The Balaban J connectivity index is 2.15. The number of nitrogens with zero attached hydrogens (tertiary/aromatic N) is 2. The van der Waals surface area contributed by atoms with Gasteiger partial charge in [0.2, 0.25) is 23.6 Å². The van der Waals surface area contributed by atoms with Crippen LogP contribution >= 0.6 is 0 Å². The third-order valence-electron chi connectivity index (χ3n) is 6.05. The van der Waals surface area contributed by atoms with E-state index in [1.54, 1.807) is 30.3 Å². The molecule has 1 aromatic rings. The number of aliphatic carboxylic acids is 1. The Morgan fingerprint density at radius 3 is 2.34 bits per heavy atom. The van der Waals surface area contributed by atoms with Crippen molar-refractivity contribution in [3.05, 3.63) is 35.9 Å². The van der Waals surface area contributed by atoms with Crippen LogP contribution in [-0.4, -0.2) is 82.8 Å². The van der Waals surface area contributed by atoms with Gasteiger partial charge in [-0.25, -0.2) is 4.79 Å². The minimum atomic E-state index is -1.24. The quantitative estimate of drug-likeness (QED) is 0.0760. The van der Waals surface area contributed by atoms with E-state index in [4.69, 9.17) is 22.9 Å². The number of carbonyl (C=O) groups is 5. The van der Waals surface area contributed by atoms with E-state index in [1.165, 1.54) is 4.90 Å². The van der Waals surface area contributed by atoms with Crippen LogP contribution in [0, 0.1) is 0 Å². The van der Waals surface area contributed by atoms with Crippen molar-refractivity contribution in [3.63, 3.8) is 0 Å². The summed E-state index contributed by atoms with van der Waals surface area (Å²) in [6, 6.07) is 4.49. The largest absolute Gasteiger partial charge is 0.480 e. The number of likely N-dealkylation sites (tertiary alicyclic amines) is 1. The number of hydrogen-bond acceptors (Lipinski definition) is 7. The number of carbonyl (C=O) groups excluding carboxylic acids is 4. The van der Waals surface area contributed by atoms with Gasteiger partial charge in [-0.3, -0.25) is 24.2 Å². The van der Waals surface area contributed by atoms with E-state index >= 15 is 0 Å². The molecule has 0 bridgehead atoms. The van der Waals surface area contributed by atoms with E-state index < -0.39 is 60.2 Å². The van der Waals surface area contributed by atoms with Gasteiger partial charge in [-0.2, -0.15) is 0 Å². The molecule has 11 N–H and O–H groups in total. The molecule has 4 amide bonds. The maximum Gasteiger partial charge on any atom is 0.326 e. The molecule has 1 fully saturated rings. The third-order valence-corrected chi connectivity index (χ3v) is 6.05. The molecule has 0 radical (unpaired) electrons. The summed E-state index contributed by atoms with van der Waals surface area (Å²) in [4.78, 5) is 67.3. The lowest BCUT2D eigenvalue weighted by atomic mass is 10.0. The molecule has 1 aliphatic heterocycles. The molecule has 0 spiro atoms. The summed E-state index contributed by atoms with van der Waals surface area (Å²) in [6.07, 6.45) is 0.960. The fraction of sp³-hybridized carbons (Fsp3) is 0.500. The van der Waals surface area contributed by atoms with E-state index in [-0.39, 0.29) is 31.9 Å². The first-order valence-corrected chi connectivity index (χ1v) is 12.3. The number of guanidine groups is 1. The Morgan fingerprint density at radius 2 is 1.74 bits per heavy atom. The monoisotopic (exact) mass is 532 g/mol. The van der Waals surface area contributed by atoms with Crippen LogP contribution in [0.4, 0.5) is 0 Å². The molecule has 2 rings (SSSR count). The molecule has 0 saturated carbocycles. The molecule has 0 aromatic heterocycles. The van der Waals surface area contributed by atoms with Crippen molar-refractivity contribution in [2.45, 2.75) is 62.7 Å². The summed E-state index contributed by atoms with van der Waals surface area (Å²) >= 11 is 0.